The summed E-state index contributed by atoms with van der Waals surface area (Å²) in [5.74, 6) is 1.16. The molecule has 1 aromatic heterocycles. The average Bonchev–Trinajstić information content (AvgIpc) is 3.13. The van der Waals surface area contributed by atoms with Crippen LogP contribution in [0.5, 0.6) is 5.75 Å². The van der Waals surface area contributed by atoms with E-state index in [-0.39, 0.29) is 11.7 Å². The quantitative estimate of drug-likeness (QED) is 0.452. The van der Waals surface area contributed by atoms with Gasteiger partial charge < -0.3 is 14.5 Å². The number of nitrogens with zero attached hydrogens (tertiary/aromatic N) is 2. The minimum absolute atomic E-state index is 0.134. The molecule has 8 heteroatoms. The third-order valence-corrected chi connectivity index (χ3v) is 4.67. The van der Waals surface area contributed by atoms with Crippen molar-refractivity contribution in [2.24, 2.45) is 0 Å². The van der Waals surface area contributed by atoms with Crippen LogP contribution in [0.3, 0.4) is 0 Å². The number of aromatic nitrogens is 2. The number of ether oxygens (including phenoxy) is 1. The zero-order valence-corrected chi connectivity index (χ0v) is 16.2. The lowest BCUT2D eigenvalue weighted by Crippen LogP contribution is -2.29. The van der Waals surface area contributed by atoms with Gasteiger partial charge in [-0.2, -0.15) is 0 Å². The highest BCUT2D eigenvalue weighted by Crippen LogP contribution is 2.28. The van der Waals surface area contributed by atoms with Crippen molar-refractivity contribution in [2.45, 2.75) is 12.1 Å². The first kappa shape index (κ1) is 19.3. The summed E-state index contributed by atoms with van der Waals surface area (Å²) in [6, 6.07) is 15.0. The van der Waals surface area contributed by atoms with Crippen LogP contribution in [0.1, 0.15) is 5.56 Å². The second-order valence-corrected chi connectivity index (χ2v) is 6.99. The number of rotatable bonds is 8. The molecule has 6 nitrogen and oxygen atoms in total. The van der Waals surface area contributed by atoms with Crippen LogP contribution in [-0.2, 0) is 4.79 Å². The van der Waals surface area contributed by atoms with Crippen molar-refractivity contribution < 1.29 is 13.9 Å². The molecule has 0 aliphatic heterocycles. The largest absolute Gasteiger partial charge is 0.492 e. The van der Waals surface area contributed by atoms with Gasteiger partial charge in [0.15, 0.2) is 0 Å². The van der Waals surface area contributed by atoms with Gasteiger partial charge in [0.05, 0.1) is 22.9 Å². The number of aryl methyl sites for hydroxylation is 1. The van der Waals surface area contributed by atoms with Crippen LogP contribution in [-0.4, -0.2) is 35.0 Å². The van der Waals surface area contributed by atoms with Gasteiger partial charge in [-0.3, -0.25) is 4.79 Å². The summed E-state index contributed by atoms with van der Waals surface area (Å²) in [4.78, 5) is 11.9. The first-order valence-electron chi connectivity index (χ1n) is 8.29. The minimum atomic E-state index is -0.134. The summed E-state index contributed by atoms with van der Waals surface area (Å²) in [6.07, 6.45) is 0. The molecule has 0 aliphatic rings. The molecule has 1 N–H and O–H groups in total. The number of carbonyl (C=O) groups is 1. The Morgan fingerprint density at radius 2 is 2.07 bits per heavy atom. The standard InChI is InChI=1S/C19H18ClN3O3S/c1-13-5-4-6-14(11-13)25-10-9-21-17(24)12-27-19-23-22-18(26-19)15-7-2-3-8-16(15)20/h2-8,11H,9-10,12H2,1H3,(H,21,24). The zero-order chi connectivity index (χ0) is 19.1. The molecule has 3 rings (SSSR count). The van der Waals surface area contributed by atoms with Crippen molar-refractivity contribution in [1.82, 2.24) is 15.5 Å². The summed E-state index contributed by atoms with van der Waals surface area (Å²) >= 11 is 7.28. The third-order valence-electron chi connectivity index (χ3n) is 3.52. The fraction of sp³-hybridized carbons (Fsp3) is 0.211. The van der Waals surface area contributed by atoms with Gasteiger partial charge in [0.2, 0.25) is 11.8 Å². The first-order chi connectivity index (χ1) is 13.1. The van der Waals surface area contributed by atoms with Gasteiger partial charge in [-0.1, -0.05) is 47.6 Å². The lowest BCUT2D eigenvalue weighted by molar-refractivity contribution is -0.118. The summed E-state index contributed by atoms with van der Waals surface area (Å²) in [6.45, 7) is 2.82. The predicted octanol–water partition coefficient (Wildman–Crippen LogP) is 3.99. The van der Waals surface area contributed by atoms with Crippen LogP contribution < -0.4 is 10.1 Å². The van der Waals surface area contributed by atoms with Crippen LogP contribution in [0.25, 0.3) is 11.5 Å². The van der Waals surface area contributed by atoms with Crippen molar-refractivity contribution in [3.05, 3.63) is 59.1 Å². The minimum Gasteiger partial charge on any atom is -0.492 e. The molecule has 0 aliphatic carbocycles. The Kier molecular flexibility index (Phi) is 6.73. The maximum Gasteiger partial charge on any atom is 0.277 e. The Bertz CT molecular complexity index is 916. The van der Waals surface area contributed by atoms with E-state index in [9.17, 15) is 4.79 Å². The molecule has 0 saturated heterocycles. The molecule has 2 aromatic carbocycles. The topological polar surface area (TPSA) is 77.2 Å². The van der Waals surface area contributed by atoms with E-state index < -0.39 is 0 Å². The van der Waals surface area contributed by atoms with Gasteiger partial charge in [0.25, 0.3) is 5.22 Å². The van der Waals surface area contributed by atoms with E-state index >= 15 is 0 Å². The van der Waals surface area contributed by atoms with Crippen LogP contribution >= 0.6 is 23.4 Å². The predicted molar refractivity (Wildman–Crippen MR) is 105 cm³/mol. The molecule has 0 bridgehead atoms. The van der Waals surface area contributed by atoms with Crippen molar-refractivity contribution in [3.8, 4) is 17.2 Å². The van der Waals surface area contributed by atoms with E-state index in [1.54, 1.807) is 12.1 Å². The number of benzene rings is 2. The maximum atomic E-state index is 11.9. The second-order valence-electron chi connectivity index (χ2n) is 5.66. The van der Waals surface area contributed by atoms with E-state index in [0.29, 0.717) is 34.9 Å². The van der Waals surface area contributed by atoms with Gasteiger partial charge >= 0.3 is 0 Å². The summed E-state index contributed by atoms with van der Waals surface area (Å²) in [7, 11) is 0. The Morgan fingerprint density at radius 3 is 2.89 bits per heavy atom. The Morgan fingerprint density at radius 1 is 1.22 bits per heavy atom. The van der Waals surface area contributed by atoms with Gasteiger partial charge in [-0.15, -0.1) is 10.2 Å². The Hall–Kier alpha value is -2.51. The summed E-state index contributed by atoms with van der Waals surface area (Å²) < 4.78 is 11.1. The fourth-order valence-corrected chi connectivity index (χ4v) is 3.06. The van der Waals surface area contributed by atoms with Gasteiger partial charge in [-0.25, -0.2) is 0 Å². The monoisotopic (exact) mass is 403 g/mol. The van der Waals surface area contributed by atoms with Crippen molar-refractivity contribution in [3.63, 3.8) is 0 Å². The molecule has 0 unspecified atom stereocenters. The highest BCUT2D eigenvalue weighted by Gasteiger charge is 2.13. The molecule has 1 amide bonds. The maximum absolute atomic E-state index is 11.9. The lowest BCUT2D eigenvalue weighted by Gasteiger charge is -2.07. The molecule has 0 radical (unpaired) electrons. The first-order valence-corrected chi connectivity index (χ1v) is 9.65. The third kappa shape index (κ3) is 5.74. The van der Waals surface area contributed by atoms with Crippen molar-refractivity contribution >= 4 is 29.3 Å². The Balaban J connectivity index is 1.40. The Labute approximate surface area is 166 Å². The average molecular weight is 404 g/mol. The molecular formula is C19H18ClN3O3S. The normalized spacial score (nSPS) is 10.6. The number of amides is 1. The number of nitrogens with one attached hydrogen (secondary N) is 1. The van der Waals surface area contributed by atoms with E-state index in [1.807, 2.05) is 43.3 Å². The molecule has 0 saturated carbocycles. The summed E-state index contributed by atoms with van der Waals surface area (Å²) in [5, 5.41) is 11.5. The van der Waals surface area contributed by atoms with E-state index in [4.69, 9.17) is 20.8 Å². The van der Waals surface area contributed by atoms with Crippen molar-refractivity contribution in [1.29, 1.82) is 0 Å². The van der Waals surface area contributed by atoms with E-state index in [1.165, 1.54) is 11.8 Å². The van der Waals surface area contributed by atoms with Gasteiger partial charge in [0, 0.05) is 0 Å². The van der Waals surface area contributed by atoms with Crippen LogP contribution in [0.15, 0.2) is 58.2 Å². The zero-order valence-electron chi connectivity index (χ0n) is 14.6. The van der Waals surface area contributed by atoms with Crippen molar-refractivity contribution in [2.75, 3.05) is 18.9 Å². The molecule has 0 atom stereocenters. The molecule has 140 valence electrons. The van der Waals surface area contributed by atoms with Gasteiger partial charge in [0.1, 0.15) is 12.4 Å². The molecule has 0 fully saturated rings. The highest BCUT2D eigenvalue weighted by molar-refractivity contribution is 7.99. The lowest BCUT2D eigenvalue weighted by atomic mass is 10.2. The van der Waals surface area contributed by atoms with Crippen LogP contribution in [0.2, 0.25) is 5.02 Å². The van der Waals surface area contributed by atoms with E-state index in [0.717, 1.165) is 11.3 Å². The number of thioether (sulfide) groups is 1. The van der Waals surface area contributed by atoms with Gasteiger partial charge in [-0.05, 0) is 36.8 Å². The smallest absolute Gasteiger partial charge is 0.277 e. The number of hydrogen-bond acceptors (Lipinski definition) is 6. The number of hydrogen-bond donors (Lipinski definition) is 1. The highest BCUT2D eigenvalue weighted by atomic mass is 35.5. The molecule has 1 heterocycles. The molecule has 0 spiro atoms. The van der Waals surface area contributed by atoms with Crippen LogP contribution in [0.4, 0.5) is 0 Å². The molecule has 27 heavy (non-hydrogen) atoms. The number of halogens is 1. The number of carbonyl (C=O) groups excluding carboxylic acids is 1. The fourth-order valence-electron chi connectivity index (χ4n) is 2.25. The molecular weight excluding hydrogens is 386 g/mol. The molecule has 3 aromatic rings. The van der Waals surface area contributed by atoms with Crippen LogP contribution in [0, 0.1) is 6.92 Å². The van der Waals surface area contributed by atoms with E-state index in [2.05, 4.69) is 15.5 Å². The summed E-state index contributed by atoms with van der Waals surface area (Å²) in [5.41, 5.74) is 1.79. The second kappa shape index (κ2) is 9.43. The SMILES string of the molecule is Cc1cccc(OCCNC(=O)CSc2nnc(-c3ccccc3Cl)o2)c1.